The topological polar surface area (TPSA) is 43.6 Å². The predicted molar refractivity (Wildman–Crippen MR) is 253 cm³/mol. The molecule has 2 aromatic heterocycles. The molecular formula is C57H34N4. The lowest BCUT2D eigenvalue weighted by atomic mass is 9.94. The van der Waals surface area contributed by atoms with Crippen molar-refractivity contribution in [1.29, 1.82) is 0 Å². The minimum absolute atomic E-state index is 0.577. The third-order valence-corrected chi connectivity index (χ3v) is 12.6. The zero-order chi connectivity index (χ0) is 40.0. The highest BCUT2D eigenvalue weighted by molar-refractivity contribution is 6.38. The van der Waals surface area contributed by atoms with Crippen molar-refractivity contribution < 1.29 is 0 Å². The van der Waals surface area contributed by atoms with Crippen LogP contribution in [0.25, 0.3) is 127 Å². The Kier molecular flexibility index (Phi) is 7.27. The van der Waals surface area contributed by atoms with Crippen molar-refractivity contribution in [2.24, 2.45) is 0 Å². The summed E-state index contributed by atoms with van der Waals surface area (Å²) in [6.45, 7) is 0. The molecule has 1 aliphatic rings. The molecule has 282 valence electrons. The number of nitrogens with zero attached hydrogens (tertiary/aromatic N) is 4. The van der Waals surface area contributed by atoms with Gasteiger partial charge in [-0.2, -0.15) is 9.97 Å². The molecule has 0 amide bonds. The van der Waals surface area contributed by atoms with Crippen LogP contribution in [0.3, 0.4) is 0 Å². The predicted octanol–water partition coefficient (Wildman–Crippen LogP) is 14.7. The van der Waals surface area contributed by atoms with E-state index in [4.69, 9.17) is 15.0 Å². The summed E-state index contributed by atoms with van der Waals surface area (Å²) >= 11 is 0. The Hall–Kier alpha value is -8.21. The fraction of sp³-hybridized carbons (Fsp3) is 0. The van der Waals surface area contributed by atoms with Gasteiger partial charge in [-0.25, -0.2) is 4.98 Å². The van der Waals surface area contributed by atoms with Gasteiger partial charge in [-0.15, -0.1) is 0 Å². The van der Waals surface area contributed by atoms with E-state index in [1.807, 2.05) is 12.1 Å². The van der Waals surface area contributed by atoms with Crippen LogP contribution in [-0.4, -0.2) is 19.5 Å². The van der Waals surface area contributed by atoms with Gasteiger partial charge in [0.15, 0.2) is 11.6 Å². The lowest BCUT2D eigenvalue weighted by molar-refractivity contribution is 0.955. The molecule has 1 aliphatic carbocycles. The molecule has 4 heteroatoms. The fourth-order valence-corrected chi connectivity index (χ4v) is 9.84. The first-order valence-electron chi connectivity index (χ1n) is 20.8. The van der Waals surface area contributed by atoms with Gasteiger partial charge in [-0.1, -0.05) is 200 Å². The molecule has 10 aromatic carbocycles. The van der Waals surface area contributed by atoms with E-state index < -0.39 is 0 Å². The highest BCUT2D eigenvalue weighted by atomic mass is 15.2. The Labute approximate surface area is 351 Å². The summed E-state index contributed by atoms with van der Waals surface area (Å²) in [5.74, 6) is 1.81. The Morgan fingerprint density at radius 2 is 0.721 bits per heavy atom. The van der Waals surface area contributed by atoms with Crippen molar-refractivity contribution in [2.45, 2.75) is 0 Å². The molecule has 0 unspecified atom stereocenters. The number of fused-ring (bicyclic) bond motifs is 12. The van der Waals surface area contributed by atoms with E-state index in [-0.39, 0.29) is 0 Å². The highest BCUT2D eigenvalue weighted by Gasteiger charge is 2.28. The third kappa shape index (κ3) is 5.09. The molecule has 0 aliphatic heterocycles. The smallest absolute Gasteiger partial charge is 0.238 e. The molecule has 0 fully saturated rings. The summed E-state index contributed by atoms with van der Waals surface area (Å²) in [6.07, 6.45) is 0. The zero-order valence-electron chi connectivity index (χ0n) is 32.9. The van der Waals surface area contributed by atoms with Gasteiger partial charge in [0.1, 0.15) is 0 Å². The van der Waals surface area contributed by atoms with Gasteiger partial charge in [-0.3, -0.25) is 4.57 Å². The van der Waals surface area contributed by atoms with Crippen molar-refractivity contribution >= 4 is 54.1 Å². The second kappa shape index (κ2) is 13.2. The van der Waals surface area contributed by atoms with E-state index in [1.54, 1.807) is 0 Å². The fourth-order valence-electron chi connectivity index (χ4n) is 9.84. The van der Waals surface area contributed by atoms with Gasteiger partial charge in [0.25, 0.3) is 0 Å². The highest BCUT2D eigenvalue weighted by Crippen LogP contribution is 2.52. The van der Waals surface area contributed by atoms with E-state index in [0.717, 1.165) is 38.7 Å². The summed E-state index contributed by atoms with van der Waals surface area (Å²) in [6, 6.07) is 73.7. The van der Waals surface area contributed by atoms with Crippen LogP contribution in [0.2, 0.25) is 0 Å². The number of hydrogen-bond acceptors (Lipinski definition) is 3. The van der Waals surface area contributed by atoms with E-state index in [1.165, 1.54) is 71.1 Å². The molecule has 4 nitrogen and oxygen atoms in total. The van der Waals surface area contributed by atoms with E-state index in [2.05, 4.69) is 199 Å². The molecule has 2 heterocycles. The number of rotatable bonds is 5. The van der Waals surface area contributed by atoms with Gasteiger partial charge >= 0.3 is 0 Å². The lowest BCUT2D eigenvalue weighted by Gasteiger charge is -2.14. The molecule has 12 aromatic rings. The number of benzene rings is 10. The third-order valence-electron chi connectivity index (χ3n) is 12.6. The van der Waals surface area contributed by atoms with Crippen LogP contribution in [0.1, 0.15) is 0 Å². The maximum Gasteiger partial charge on any atom is 0.238 e. The Morgan fingerprint density at radius 1 is 0.279 bits per heavy atom. The van der Waals surface area contributed by atoms with Crippen molar-refractivity contribution in [3.05, 3.63) is 206 Å². The molecule has 0 saturated heterocycles. The van der Waals surface area contributed by atoms with Crippen molar-refractivity contribution in [2.75, 3.05) is 0 Å². The summed E-state index contributed by atoms with van der Waals surface area (Å²) < 4.78 is 2.33. The minimum atomic E-state index is 0.577. The van der Waals surface area contributed by atoms with Gasteiger partial charge in [-0.05, 0) is 77.5 Å². The van der Waals surface area contributed by atoms with Gasteiger partial charge in [0.2, 0.25) is 5.95 Å². The van der Waals surface area contributed by atoms with E-state index in [9.17, 15) is 0 Å². The average molecular weight is 775 g/mol. The van der Waals surface area contributed by atoms with E-state index in [0.29, 0.717) is 17.6 Å². The standard InChI is InChI=1S/C57H34N4/c1-3-14-35(15-4-1)37-26-30-39(31-27-37)55-58-56(40-32-28-38(29-33-40)36-16-5-2-6-17-36)60-57(59-55)61-50-34-49-44-21-8-7-19-42(44)45-24-13-25-48(51(45)49)52(50)53-46-22-11-9-18-41(46)43-20-10-12-23-47(43)54(53)61/h1-34H. The Bertz CT molecular complexity index is 3620. The number of hydrogen-bond donors (Lipinski definition) is 0. The first-order valence-corrected chi connectivity index (χ1v) is 20.8. The zero-order valence-corrected chi connectivity index (χ0v) is 32.9. The van der Waals surface area contributed by atoms with Crippen LogP contribution in [0, 0.1) is 0 Å². The first kappa shape index (κ1) is 33.7. The quantitative estimate of drug-likeness (QED) is 0.164. The second-order valence-electron chi connectivity index (χ2n) is 15.9. The minimum Gasteiger partial charge on any atom is -0.277 e. The summed E-state index contributed by atoms with van der Waals surface area (Å²) in [7, 11) is 0. The maximum absolute atomic E-state index is 5.46. The van der Waals surface area contributed by atoms with Crippen LogP contribution in [0.4, 0.5) is 0 Å². The summed E-state index contributed by atoms with van der Waals surface area (Å²) in [4.78, 5) is 16.2. The molecule has 61 heavy (non-hydrogen) atoms. The second-order valence-corrected chi connectivity index (χ2v) is 15.9. The van der Waals surface area contributed by atoms with Gasteiger partial charge in [0, 0.05) is 27.3 Å². The molecule has 0 radical (unpaired) electrons. The molecule has 13 rings (SSSR count). The Morgan fingerprint density at radius 3 is 1.33 bits per heavy atom. The summed E-state index contributed by atoms with van der Waals surface area (Å²) in [5.41, 5.74) is 13.6. The molecule has 0 bridgehead atoms. The van der Waals surface area contributed by atoms with E-state index >= 15 is 0 Å². The van der Waals surface area contributed by atoms with Crippen molar-refractivity contribution in [3.63, 3.8) is 0 Å². The average Bonchev–Trinajstić information content (AvgIpc) is 3.87. The monoisotopic (exact) mass is 774 g/mol. The Balaban J connectivity index is 1.15. The lowest BCUT2D eigenvalue weighted by Crippen LogP contribution is -2.07. The van der Waals surface area contributed by atoms with Crippen LogP contribution < -0.4 is 0 Å². The SMILES string of the molecule is c1ccc(-c2ccc(-c3nc(-c4ccc(-c5ccccc5)cc4)nc(-n4c5cc6c7c(cccc7c5c5c7ccccc7c7ccccc7c54)-c4ccccc4-6)n3)cc2)cc1. The molecular weight excluding hydrogens is 741 g/mol. The molecule has 0 saturated carbocycles. The summed E-state index contributed by atoms with van der Waals surface area (Å²) in [5, 5.41) is 9.71. The van der Waals surface area contributed by atoms with Gasteiger partial charge < -0.3 is 0 Å². The van der Waals surface area contributed by atoms with Crippen molar-refractivity contribution in [3.8, 4) is 73.2 Å². The molecule has 0 spiro atoms. The van der Waals surface area contributed by atoms with Crippen molar-refractivity contribution in [1.82, 2.24) is 19.5 Å². The largest absolute Gasteiger partial charge is 0.277 e. The normalized spacial score (nSPS) is 11.9. The van der Waals surface area contributed by atoms with Crippen LogP contribution in [0.15, 0.2) is 206 Å². The van der Waals surface area contributed by atoms with Crippen LogP contribution in [-0.2, 0) is 0 Å². The maximum atomic E-state index is 5.46. The van der Waals surface area contributed by atoms with Crippen LogP contribution >= 0.6 is 0 Å². The molecule has 0 N–H and O–H groups in total. The number of aromatic nitrogens is 4. The van der Waals surface area contributed by atoms with Crippen LogP contribution in [0.5, 0.6) is 0 Å². The van der Waals surface area contributed by atoms with Gasteiger partial charge in [0.05, 0.1) is 11.0 Å². The molecule has 0 atom stereocenters. The first-order chi connectivity index (χ1) is 30.3.